The molecule has 1 aliphatic heterocycles. The van der Waals surface area contributed by atoms with Gasteiger partial charge in [-0.15, -0.1) is 29.3 Å². The zero-order valence-corrected chi connectivity index (χ0v) is 21.0. The quantitative estimate of drug-likeness (QED) is 0.211. The van der Waals surface area contributed by atoms with Gasteiger partial charge in [-0.3, -0.25) is 0 Å². The molecule has 1 atom stereocenters. The second-order valence-electron chi connectivity index (χ2n) is 9.64. The van der Waals surface area contributed by atoms with Gasteiger partial charge in [0.05, 0.1) is 0 Å². The highest BCUT2D eigenvalue weighted by atomic mass is 31.1. The average Bonchev–Trinajstić information content (AvgIpc) is 2.89. The van der Waals surface area contributed by atoms with Gasteiger partial charge in [0.25, 0.3) is 0 Å². The Morgan fingerprint density at radius 3 is 1.47 bits per heavy atom. The van der Waals surface area contributed by atoms with Crippen LogP contribution in [0.25, 0.3) is 16.5 Å². The van der Waals surface area contributed by atoms with Crippen LogP contribution in [0.1, 0.15) is 43.0 Å². The van der Waals surface area contributed by atoms with Crippen molar-refractivity contribution >= 4 is 24.4 Å². The molecule has 4 aromatic rings. The third kappa shape index (κ3) is 4.39. The maximum Gasteiger partial charge on any atom is -0.0163 e. The third-order valence-electron chi connectivity index (χ3n) is 6.18. The third-order valence-corrected chi connectivity index (χ3v) is 9.42. The molecule has 0 aromatic heterocycles. The molecule has 0 saturated heterocycles. The minimum absolute atomic E-state index is 0.0694. The topological polar surface area (TPSA) is 0 Å². The van der Waals surface area contributed by atoms with Gasteiger partial charge in [0.2, 0.25) is 0 Å². The zero-order valence-electron chi connectivity index (χ0n) is 20.1. The molecular formula is C33H30P-. The van der Waals surface area contributed by atoms with Crippen LogP contribution in [0.3, 0.4) is 0 Å². The minimum Gasteiger partial charge on any atom is -0.118 e. The molecule has 0 nitrogen and oxygen atoms in total. The zero-order chi connectivity index (χ0) is 23.5. The van der Waals surface area contributed by atoms with Crippen LogP contribution in [0.4, 0.5) is 0 Å². The minimum atomic E-state index is -0.690. The largest absolute Gasteiger partial charge is 0.118 e. The molecular weight excluding hydrogens is 427 g/mol. The molecule has 1 unspecified atom stereocenters. The molecule has 0 N–H and O–H groups in total. The van der Waals surface area contributed by atoms with E-state index in [1.807, 2.05) is 0 Å². The van der Waals surface area contributed by atoms with Crippen molar-refractivity contribution in [2.24, 2.45) is 0 Å². The Labute approximate surface area is 205 Å². The van der Waals surface area contributed by atoms with E-state index in [2.05, 4.69) is 148 Å². The first-order valence-electron chi connectivity index (χ1n) is 11.9. The lowest BCUT2D eigenvalue weighted by molar-refractivity contribution is 0.789. The molecule has 0 amide bonds. The summed E-state index contributed by atoms with van der Waals surface area (Å²) >= 11 is 0. The first kappa shape index (κ1) is 22.5. The fraction of sp³-hybridized carbons (Fsp3) is 0.121. The molecule has 0 bridgehead atoms. The molecule has 34 heavy (non-hydrogen) atoms. The Balaban J connectivity index is 1.88. The van der Waals surface area contributed by atoms with E-state index >= 15 is 0 Å². The number of rotatable bonds is 4. The monoisotopic (exact) mass is 457 g/mol. The summed E-state index contributed by atoms with van der Waals surface area (Å²) in [4.78, 5) is 0. The molecule has 5 rings (SSSR count). The fourth-order valence-corrected chi connectivity index (χ4v) is 7.99. The van der Waals surface area contributed by atoms with Crippen molar-refractivity contribution in [3.63, 3.8) is 0 Å². The molecule has 4 aromatic carbocycles. The molecule has 0 spiro atoms. The second kappa shape index (κ2) is 9.49. The predicted octanol–water partition coefficient (Wildman–Crippen LogP) is 9.51. The Bertz CT molecular complexity index is 1290. The van der Waals surface area contributed by atoms with Gasteiger partial charge in [-0.05, 0) is 27.2 Å². The lowest BCUT2D eigenvalue weighted by Crippen LogP contribution is -2.21. The van der Waals surface area contributed by atoms with E-state index in [-0.39, 0.29) is 5.16 Å². The van der Waals surface area contributed by atoms with E-state index in [0.29, 0.717) is 0 Å². The lowest BCUT2D eigenvalue weighted by Gasteiger charge is -2.48. The summed E-state index contributed by atoms with van der Waals surface area (Å²) in [6.45, 7) is 7.21. The summed E-state index contributed by atoms with van der Waals surface area (Å²) in [6, 6.07) is 43.8. The normalized spacial score (nSPS) is 16.4. The van der Waals surface area contributed by atoms with E-state index in [0.717, 1.165) is 0 Å². The van der Waals surface area contributed by atoms with Crippen molar-refractivity contribution in [1.82, 2.24) is 0 Å². The van der Waals surface area contributed by atoms with Gasteiger partial charge in [0.15, 0.2) is 0 Å². The summed E-state index contributed by atoms with van der Waals surface area (Å²) in [5.41, 5.74) is 9.33. The van der Waals surface area contributed by atoms with E-state index in [1.165, 1.54) is 44.4 Å². The Morgan fingerprint density at radius 1 is 0.529 bits per heavy atom. The van der Waals surface area contributed by atoms with Gasteiger partial charge in [-0.25, -0.2) is 0 Å². The predicted molar refractivity (Wildman–Crippen MR) is 150 cm³/mol. The first-order valence-corrected chi connectivity index (χ1v) is 13.2. The fourth-order valence-electron chi connectivity index (χ4n) is 4.74. The van der Waals surface area contributed by atoms with Crippen LogP contribution in [0.2, 0.25) is 0 Å². The van der Waals surface area contributed by atoms with Gasteiger partial charge in [0, 0.05) is 0 Å². The van der Waals surface area contributed by atoms with Crippen molar-refractivity contribution in [3.05, 3.63) is 155 Å². The van der Waals surface area contributed by atoms with Crippen LogP contribution in [-0.4, -0.2) is 5.16 Å². The van der Waals surface area contributed by atoms with Gasteiger partial charge in [0.1, 0.15) is 0 Å². The highest BCUT2D eigenvalue weighted by molar-refractivity contribution is 7.74. The van der Waals surface area contributed by atoms with Crippen LogP contribution in [0, 0.1) is 5.66 Å². The molecule has 1 heterocycles. The highest BCUT2D eigenvalue weighted by Crippen LogP contribution is 2.74. The van der Waals surface area contributed by atoms with Crippen molar-refractivity contribution in [3.8, 4) is 0 Å². The maximum absolute atomic E-state index is 2.44. The molecule has 1 heteroatoms. The molecule has 168 valence electrons. The van der Waals surface area contributed by atoms with Crippen LogP contribution < -0.4 is 0 Å². The Kier molecular flexibility index (Phi) is 6.27. The van der Waals surface area contributed by atoms with Gasteiger partial charge in [-0.1, -0.05) is 149 Å². The maximum atomic E-state index is 2.44. The number of benzene rings is 4. The Hall–Kier alpha value is -3.34. The van der Waals surface area contributed by atoms with Crippen molar-refractivity contribution < 1.29 is 0 Å². The summed E-state index contributed by atoms with van der Waals surface area (Å²) in [7, 11) is -0.690. The van der Waals surface area contributed by atoms with Crippen LogP contribution in [-0.2, 0) is 0 Å². The van der Waals surface area contributed by atoms with E-state index < -0.39 is 7.92 Å². The summed E-state index contributed by atoms with van der Waals surface area (Å²) < 4.78 is 0. The SMILES string of the molecule is CC(C)(C)P1C(c2ccccc2)=C(c2ccccc2)C=C(c2ccccc2)[C-]1c1ccccc1. The number of hydrogen-bond acceptors (Lipinski definition) is 0. The smallest absolute Gasteiger partial charge is 0.0163 e. The summed E-state index contributed by atoms with van der Waals surface area (Å²) in [5, 5.41) is 1.54. The second-order valence-corrected chi connectivity index (χ2v) is 12.5. The van der Waals surface area contributed by atoms with E-state index in [4.69, 9.17) is 0 Å². The summed E-state index contributed by atoms with van der Waals surface area (Å²) in [6.07, 6.45) is 2.44. The first-order chi connectivity index (χ1) is 16.5. The van der Waals surface area contributed by atoms with Gasteiger partial charge >= 0.3 is 0 Å². The number of allylic oxidation sites excluding steroid dienone is 3. The van der Waals surface area contributed by atoms with Crippen molar-refractivity contribution in [2.45, 2.75) is 25.9 Å². The van der Waals surface area contributed by atoms with E-state index in [1.54, 1.807) is 0 Å². The van der Waals surface area contributed by atoms with Crippen molar-refractivity contribution in [2.75, 3.05) is 0 Å². The van der Waals surface area contributed by atoms with Crippen LogP contribution >= 0.6 is 7.92 Å². The molecule has 0 saturated carbocycles. The standard InChI is InChI=1S/C33H30P/c1-33(2,3)34-31(27-20-12-6-13-21-27)29(25-16-8-4-9-17-25)24-30(26-18-10-5-11-19-26)32(34)28-22-14-7-15-23-28/h4-24H,1-3H3/q-1. The van der Waals surface area contributed by atoms with Gasteiger partial charge < -0.3 is 0 Å². The molecule has 0 aliphatic carbocycles. The highest BCUT2D eigenvalue weighted by Gasteiger charge is 2.38. The summed E-state index contributed by atoms with van der Waals surface area (Å²) in [5.74, 6) is 0. The Morgan fingerprint density at radius 2 is 0.971 bits per heavy atom. The van der Waals surface area contributed by atoms with Gasteiger partial charge in [-0.2, -0.15) is 0 Å². The number of hydrogen-bond donors (Lipinski definition) is 0. The van der Waals surface area contributed by atoms with E-state index in [9.17, 15) is 0 Å². The average molecular weight is 458 g/mol. The van der Waals surface area contributed by atoms with Crippen LogP contribution in [0.15, 0.2) is 127 Å². The van der Waals surface area contributed by atoms with Crippen molar-refractivity contribution in [1.29, 1.82) is 0 Å². The molecule has 0 radical (unpaired) electrons. The molecule has 1 aliphatic rings. The van der Waals surface area contributed by atoms with Crippen LogP contribution in [0.5, 0.6) is 0 Å². The lowest BCUT2D eigenvalue weighted by atomic mass is 9.92. The molecule has 0 fully saturated rings.